The fourth-order valence-electron chi connectivity index (χ4n) is 3.28. The molecule has 2 aromatic heterocycles. The van der Waals surface area contributed by atoms with Crippen LogP contribution in [0.1, 0.15) is 32.1 Å². The molecule has 1 amide bonds. The predicted molar refractivity (Wildman–Crippen MR) is 95.0 cm³/mol. The molecule has 3 rings (SSSR count). The average molecular weight is 350 g/mol. The van der Waals surface area contributed by atoms with Crippen LogP contribution in [0.15, 0.2) is 18.5 Å². The van der Waals surface area contributed by atoms with Crippen molar-refractivity contribution in [3.63, 3.8) is 0 Å². The Morgan fingerprint density at radius 1 is 1.29 bits per heavy atom. The molecule has 1 aliphatic carbocycles. The molecule has 0 atom stereocenters. The standard InChI is InChI=1S/C17H24ClN5O/c18-17-14-11-22-23(15(14)6-7-21-17)12-16(24)20-9-8-19-10-13-4-2-1-3-5-13/h6-7,11,13,19H,1-5,8-10,12H2,(H,20,24). The van der Waals surface area contributed by atoms with Crippen LogP contribution in [-0.4, -0.2) is 40.3 Å². The Morgan fingerprint density at radius 3 is 2.96 bits per heavy atom. The predicted octanol–water partition coefficient (Wildman–Crippen LogP) is 2.37. The van der Waals surface area contributed by atoms with Gasteiger partial charge < -0.3 is 10.6 Å². The molecule has 2 heterocycles. The summed E-state index contributed by atoms with van der Waals surface area (Å²) in [4.78, 5) is 16.1. The fourth-order valence-corrected chi connectivity index (χ4v) is 3.48. The van der Waals surface area contributed by atoms with E-state index in [9.17, 15) is 4.79 Å². The molecular formula is C17H24ClN5O. The minimum Gasteiger partial charge on any atom is -0.353 e. The smallest absolute Gasteiger partial charge is 0.241 e. The lowest BCUT2D eigenvalue weighted by molar-refractivity contribution is -0.121. The third-order valence-electron chi connectivity index (χ3n) is 4.60. The largest absolute Gasteiger partial charge is 0.353 e. The van der Waals surface area contributed by atoms with Crippen LogP contribution in [0.3, 0.4) is 0 Å². The average Bonchev–Trinajstić information content (AvgIpc) is 3.00. The fraction of sp³-hybridized carbons (Fsp3) is 0.588. The Kier molecular flexibility index (Phi) is 6.04. The van der Waals surface area contributed by atoms with Crippen molar-refractivity contribution in [3.8, 4) is 0 Å². The maximum Gasteiger partial charge on any atom is 0.241 e. The van der Waals surface area contributed by atoms with Crippen molar-refractivity contribution >= 4 is 28.4 Å². The number of carbonyl (C=O) groups is 1. The molecule has 1 aliphatic rings. The van der Waals surface area contributed by atoms with Gasteiger partial charge in [-0.2, -0.15) is 5.10 Å². The van der Waals surface area contributed by atoms with Gasteiger partial charge in [-0.05, 0) is 31.4 Å². The highest BCUT2D eigenvalue weighted by molar-refractivity contribution is 6.34. The molecule has 0 spiro atoms. The lowest BCUT2D eigenvalue weighted by Gasteiger charge is -2.21. The summed E-state index contributed by atoms with van der Waals surface area (Å²) in [6, 6.07) is 1.81. The molecule has 6 nitrogen and oxygen atoms in total. The summed E-state index contributed by atoms with van der Waals surface area (Å²) >= 11 is 6.02. The molecule has 0 radical (unpaired) electrons. The molecule has 0 aromatic carbocycles. The van der Waals surface area contributed by atoms with Gasteiger partial charge in [0.2, 0.25) is 5.91 Å². The summed E-state index contributed by atoms with van der Waals surface area (Å²) < 4.78 is 1.65. The maximum atomic E-state index is 12.1. The zero-order valence-electron chi connectivity index (χ0n) is 13.8. The van der Waals surface area contributed by atoms with Crippen LogP contribution in [0.5, 0.6) is 0 Å². The molecule has 0 unspecified atom stereocenters. The highest BCUT2D eigenvalue weighted by atomic mass is 35.5. The number of aromatic nitrogens is 3. The number of rotatable bonds is 7. The van der Waals surface area contributed by atoms with E-state index in [1.165, 1.54) is 32.1 Å². The van der Waals surface area contributed by atoms with E-state index >= 15 is 0 Å². The summed E-state index contributed by atoms with van der Waals surface area (Å²) in [5.41, 5.74) is 0.820. The Labute approximate surface area is 147 Å². The molecule has 0 saturated heterocycles. The molecule has 130 valence electrons. The summed E-state index contributed by atoms with van der Waals surface area (Å²) in [6.07, 6.45) is 10.0. The molecule has 0 bridgehead atoms. The third kappa shape index (κ3) is 4.45. The lowest BCUT2D eigenvalue weighted by Crippen LogP contribution is -2.35. The Balaban J connectivity index is 1.38. The van der Waals surface area contributed by atoms with Crippen LogP contribution in [0.2, 0.25) is 5.15 Å². The topological polar surface area (TPSA) is 71.8 Å². The molecule has 2 N–H and O–H groups in total. The number of fused-ring (bicyclic) bond motifs is 1. The van der Waals surface area contributed by atoms with E-state index in [4.69, 9.17) is 11.6 Å². The van der Waals surface area contributed by atoms with Gasteiger partial charge in [-0.15, -0.1) is 0 Å². The summed E-state index contributed by atoms with van der Waals surface area (Å²) in [5.74, 6) is 0.760. The number of halogens is 1. The first-order valence-corrected chi connectivity index (χ1v) is 9.05. The van der Waals surface area contributed by atoms with Crippen molar-refractivity contribution in [2.45, 2.75) is 38.6 Å². The number of carbonyl (C=O) groups excluding carboxylic acids is 1. The number of nitrogens with one attached hydrogen (secondary N) is 2. The van der Waals surface area contributed by atoms with E-state index in [1.54, 1.807) is 17.1 Å². The number of nitrogens with zero attached hydrogens (tertiary/aromatic N) is 3. The van der Waals surface area contributed by atoms with Crippen molar-refractivity contribution in [1.29, 1.82) is 0 Å². The van der Waals surface area contributed by atoms with Crippen LogP contribution in [0, 0.1) is 5.92 Å². The van der Waals surface area contributed by atoms with Crippen molar-refractivity contribution in [2.75, 3.05) is 19.6 Å². The van der Waals surface area contributed by atoms with E-state index in [2.05, 4.69) is 20.7 Å². The SMILES string of the molecule is O=C(Cn1ncc2c(Cl)nccc21)NCCNCC1CCCCC1. The van der Waals surface area contributed by atoms with Gasteiger partial charge in [0.25, 0.3) is 0 Å². The third-order valence-corrected chi connectivity index (χ3v) is 4.90. The van der Waals surface area contributed by atoms with Crippen LogP contribution < -0.4 is 10.6 Å². The molecule has 2 aromatic rings. The normalized spacial score (nSPS) is 15.7. The number of pyridine rings is 1. The minimum atomic E-state index is -0.0487. The first-order chi connectivity index (χ1) is 11.7. The Hall–Kier alpha value is -1.66. The maximum absolute atomic E-state index is 12.1. The summed E-state index contributed by atoms with van der Waals surface area (Å²) in [7, 11) is 0. The zero-order chi connectivity index (χ0) is 16.8. The van der Waals surface area contributed by atoms with Crippen LogP contribution in [0.4, 0.5) is 0 Å². The summed E-state index contributed by atoms with van der Waals surface area (Å²) in [6.45, 7) is 2.68. The molecule has 1 saturated carbocycles. The highest BCUT2D eigenvalue weighted by Crippen LogP contribution is 2.22. The van der Waals surface area contributed by atoms with E-state index in [-0.39, 0.29) is 12.5 Å². The first-order valence-electron chi connectivity index (χ1n) is 8.67. The van der Waals surface area contributed by atoms with Crippen LogP contribution >= 0.6 is 11.6 Å². The van der Waals surface area contributed by atoms with Crippen LogP contribution in [0.25, 0.3) is 10.9 Å². The number of hydrogen-bond donors (Lipinski definition) is 2. The Morgan fingerprint density at radius 2 is 2.12 bits per heavy atom. The summed E-state index contributed by atoms with van der Waals surface area (Å²) in [5, 5.41) is 11.8. The van der Waals surface area contributed by atoms with Crippen molar-refractivity contribution in [3.05, 3.63) is 23.6 Å². The second-order valence-electron chi connectivity index (χ2n) is 6.39. The second-order valence-corrected chi connectivity index (χ2v) is 6.75. The monoisotopic (exact) mass is 349 g/mol. The molecule has 1 fully saturated rings. The van der Waals surface area contributed by atoms with Gasteiger partial charge in [0.1, 0.15) is 11.7 Å². The lowest BCUT2D eigenvalue weighted by atomic mass is 9.89. The quantitative estimate of drug-likeness (QED) is 0.594. The van der Waals surface area contributed by atoms with E-state index < -0.39 is 0 Å². The molecular weight excluding hydrogens is 326 g/mol. The highest BCUT2D eigenvalue weighted by Gasteiger charge is 2.13. The van der Waals surface area contributed by atoms with E-state index in [0.717, 1.165) is 29.9 Å². The van der Waals surface area contributed by atoms with Gasteiger partial charge in [0, 0.05) is 19.3 Å². The second kappa shape index (κ2) is 8.44. The molecule has 0 aliphatic heterocycles. The van der Waals surface area contributed by atoms with Gasteiger partial charge in [-0.25, -0.2) is 4.98 Å². The van der Waals surface area contributed by atoms with Crippen molar-refractivity contribution in [1.82, 2.24) is 25.4 Å². The minimum absolute atomic E-state index is 0.0487. The Bertz CT molecular complexity index is 681. The van der Waals surface area contributed by atoms with Gasteiger partial charge in [0.15, 0.2) is 0 Å². The molecule has 24 heavy (non-hydrogen) atoms. The number of hydrogen-bond acceptors (Lipinski definition) is 4. The first kappa shape index (κ1) is 17.2. The van der Waals surface area contributed by atoms with Gasteiger partial charge >= 0.3 is 0 Å². The number of amides is 1. The van der Waals surface area contributed by atoms with E-state index in [0.29, 0.717) is 11.7 Å². The van der Waals surface area contributed by atoms with Gasteiger partial charge in [-0.3, -0.25) is 9.48 Å². The zero-order valence-corrected chi connectivity index (χ0v) is 14.6. The van der Waals surface area contributed by atoms with Gasteiger partial charge in [-0.1, -0.05) is 30.9 Å². The molecule has 7 heteroatoms. The van der Waals surface area contributed by atoms with Crippen molar-refractivity contribution in [2.24, 2.45) is 5.92 Å². The van der Waals surface area contributed by atoms with Gasteiger partial charge in [0.05, 0.1) is 17.1 Å². The van der Waals surface area contributed by atoms with E-state index in [1.807, 2.05) is 6.07 Å². The van der Waals surface area contributed by atoms with Crippen LogP contribution in [-0.2, 0) is 11.3 Å². The van der Waals surface area contributed by atoms with Crippen molar-refractivity contribution < 1.29 is 4.79 Å².